The highest BCUT2D eigenvalue weighted by Crippen LogP contribution is 2.20. The number of para-hydroxylation sites is 1. The maximum atomic E-state index is 12.2. The Morgan fingerprint density at radius 3 is 2.33 bits per heavy atom. The minimum Gasteiger partial charge on any atom is -0.480 e. The van der Waals surface area contributed by atoms with E-state index < -0.39 is 43.1 Å². The quantitative estimate of drug-likeness (QED) is 0.757. The summed E-state index contributed by atoms with van der Waals surface area (Å²) in [6.45, 7) is -3.18. The van der Waals surface area contributed by atoms with Crippen molar-refractivity contribution in [3.63, 3.8) is 0 Å². The highest BCUT2D eigenvalue weighted by Gasteiger charge is 2.26. The Morgan fingerprint density at radius 2 is 1.81 bits per heavy atom. The molecule has 9 heteroatoms. The van der Waals surface area contributed by atoms with E-state index in [9.17, 15) is 27.2 Å². The van der Waals surface area contributed by atoms with Crippen LogP contribution in [0.25, 0.3) is 0 Å². The molecule has 0 aliphatic carbocycles. The first-order chi connectivity index (χ1) is 9.81. The number of carboxylic acid groups (broad SMARTS) is 1. The number of carbonyl (C=O) groups is 2. The summed E-state index contributed by atoms with van der Waals surface area (Å²) in [5.41, 5.74) is -0.377. The van der Waals surface area contributed by atoms with Gasteiger partial charge in [0.05, 0.1) is 5.56 Å². The molecular formula is C12H11F4NO4. The van der Waals surface area contributed by atoms with Crippen molar-refractivity contribution in [2.45, 2.75) is 25.5 Å². The second kappa shape index (κ2) is 7.46. The van der Waals surface area contributed by atoms with Gasteiger partial charge in [-0.05, 0) is 12.1 Å². The predicted molar refractivity (Wildman–Crippen MR) is 62.6 cm³/mol. The number of nitrogens with one attached hydrogen (secondary N) is 1. The molecule has 0 aliphatic rings. The monoisotopic (exact) mass is 309 g/mol. The zero-order valence-corrected chi connectivity index (χ0v) is 10.4. The molecule has 1 atom stereocenters. The molecule has 5 nitrogen and oxygen atoms in total. The highest BCUT2D eigenvalue weighted by atomic mass is 19.3. The van der Waals surface area contributed by atoms with E-state index in [1.54, 1.807) is 0 Å². The number of alkyl halides is 4. The van der Waals surface area contributed by atoms with Crippen LogP contribution in [-0.4, -0.2) is 36.1 Å². The van der Waals surface area contributed by atoms with Crippen molar-refractivity contribution in [2.75, 3.05) is 0 Å². The van der Waals surface area contributed by atoms with Gasteiger partial charge < -0.3 is 15.2 Å². The van der Waals surface area contributed by atoms with Gasteiger partial charge in [-0.25, -0.2) is 13.6 Å². The highest BCUT2D eigenvalue weighted by molar-refractivity contribution is 5.98. The summed E-state index contributed by atoms with van der Waals surface area (Å²) in [6, 6.07) is 2.99. The van der Waals surface area contributed by atoms with Crippen molar-refractivity contribution in [1.29, 1.82) is 0 Å². The van der Waals surface area contributed by atoms with Crippen molar-refractivity contribution >= 4 is 11.9 Å². The number of halogens is 4. The van der Waals surface area contributed by atoms with Crippen LogP contribution in [-0.2, 0) is 4.79 Å². The van der Waals surface area contributed by atoms with Crippen LogP contribution >= 0.6 is 0 Å². The summed E-state index contributed by atoms with van der Waals surface area (Å²) in [5.74, 6) is -3.23. The van der Waals surface area contributed by atoms with Crippen molar-refractivity contribution in [3.8, 4) is 5.75 Å². The molecule has 0 spiro atoms. The Hall–Kier alpha value is -2.32. The van der Waals surface area contributed by atoms with Gasteiger partial charge in [-0.1, -0.05) is 12.1 Å². The van der Waals surface area contributed by atoms with Crippen LogP contribution in [0.1, 0.15) is 16.8 Å². The van der Waals surface area contributed by atoms with E-state index in [0.717, 1.165) is 12.1 Å². The number of amides is 1. The summed E-state index contributed by atoms with van der Waals surface area (Å²) in [4.78, 5) is 22.6. The lowest BCUT2D eigenvalue weighted by atomic mass is 10.1. The largest absolute Gasteiger partial charge is 0.480 e. The summed E-state index contributed by atoms with van der Waals surface area (Å²) >= 11 is 0. The molecule has 0 aromatic heterocycles. The fourth-order valence-electron chi connectivity index (χ4n) is 1.49. The van der Waals surface area contributed by atoms with Crippen LogP contribution in [0.5, 0.6) is 5.75 Å². The summed E-state index contributed by atoms with van der Waals surface area (Å²) < 4.78 is 52.9. The third-order valence-electron chi connectivity index (χ3n) is 2.37. The van der Waals surface area contributed by atoms with Gasteiger partial charge in [0.25, 0.3) is 5.91 Å². The number of aliphatic carboxylic acids is 1. The molecule has 1 aromatic rings. The second-order valence-corrected chi connectivity index (χ2v) is 3.87. The third-order valence-corrected chi connectivity index (χ3v) is 2.37. The third kappa shape index (κ3) is 5.28. The number of benzene rings is 1. The zero-order valence-electron chi connectivity index (χ0n) is 10.4. The van der Waals surface area contributed by atoms with Gasteiger partial charge in [0.15, 0.2) is 0 Å². The van der Waals surface area contributed by atoms with Crippen molar-refractivity contribution in [2.24, 2.45) is 0 Å². The van der Waals surface area contributed by atoms with Gasteiger partial charge in [-0.15, -0.1) is 0 Å². The number of carboxylic acids is 1. The topological polar surface area (TPSA) is 75.6 Å². The van der Waals surface area contributed by atoms with Crippen molar-refractivity contribution in [3.05, 3.63) is 29.8 Å². The first kappa shape index (κ1) is 16.7. The van der Waals surface area contributed by atoms with Crippen LogP contribution in [0.2, 0.25) is 0 Å². The fourth-order valence-corrected chi connectivity index (χ4v) is 1.49. The average Bonchev–Trinajstić information content (AvgIpc) is 2.37. The first-order valence-electron chi connectivity index (χ1n) is 5.67. The molecule has 0 fully saturated rings. The number of rotatable bonds is 7. The average molecular weight is 309 g/mol. The molecule has 1 rings (SSSR count). The van der Waals surface area contributed by atoms with E-state index in [1.165, 1.54) is 12.1 Å². The number of hydrogen-bond donors (Lipinski definition) is 2. The van der Waals surface area contributed by atoms with Crippen LogP contribution in [0.4, 0.5) is 17.6 Å². The maximum absolute atomic E-state index is 12.2. The van der Waals surface area contributed by atoms with Crippen LogP contribution in [0, 0.1) is 0 Å². The van der Waals surface area contributed by atoms with E-state index in [1.807, 2.05) is 5.32 Å². The summed E-state index contributed by atoms with van der Waals surface area (Å²) in [6.07, 6.45) is -4.04. The van der Waals surface area contributed by atoms with E-state index in [0.29, 0.717) is 0 Å². The standard InChI is InChI=1S/C12H11F4NO4/c13-9(14)5-7(11(19)20)17-10(18)6-3-1-2-4-8(6)21-12(15)16/h1-4,7,9,12H,5H2,(H,17,18)(H,19,20). The lowest BCUT2D eigenvalue weighted by Crippen LogP contribution is -2.42. The Balaban J connectivity index is 2.90. The molecule has 0 radical (unpaired) electrons. The molecule has 1 amide bonds. The zero-order chi connectivity index (χ0) is 16.0. The van der Waals surface area contributed by atoms with E-state index in [4.69, 9.17) is 5.11 Å². The Morgan fingerprint density at radius 1 is 1.19 bits per heavy atom. The molecule has 0 bridgehead atoms. The molecule has 1 aromatic carbocycles. The van der Waals surface area contributed by atoms with Crippen molar-refractivity contribution < 1.29 is 37.0 Å². The van der Waals surface area contributed by atoms with E-state index in [2.05, 4.69) is 4.74 Å². The van der Waals surface area contributed by atoms with E-state index >= 15 is 0 Å². The molecule has 0 saturated carbocycles. The molecular weight excluding hydrogens is 298 g/mol. The Bertz CT molecular complexity index is 510. The van der Waals surface area contributed by atoms with Crippen LogP contribution in [0.3, 0.4) is 0 Å². The van der Waals surface area contributed by atoms with Gasteiger partial charge in [0, 0.05) is 6.42 Å². The lowest BCUT2D eigenvalue weighted by molar-refractivity contribution is -0.140. The molecule has 116 valence electrons. The fraction of sp³-hybridized carbons (Fsp3) is 0.333. The lowest BCUT2D eigenvalue weighted by Gasteiger charge is -2.15. The SMILES string of the molecule is O=C(NC(CC(F)F)C(=O)O)c1ccccc1OC(F)F. The van der Waals surface area contributed by atoms with Gasteiger partial charge in [-0.3, -0.25) is 4.79 Å². The minimum atomic E-state index is -3.18. The minimum absolute atomic E-state index is 0.377. The normalized spacial score (nSPS) is 12.3. The van der Waals surface area contributed by atoms with Gasteiger partial charge in [0.2, 0.25) is 6.43 Å². The number of carbonyl (C=O) groups excluding carboxylic acids is 1. The first-order valence-corrected chi connectivity index (χ1v) is 5.67. The van der Waals surface area contributed by atoms with Crippen LogP contribution < -0.4 is 10.1 Å². The van der Waals surface area contributed by atoms with Crippen LogP contribution in [0.15, 0.2) is 24.3 Å². The summed E-state index contributed by atoms with van der Waals surface area (Å²) in [5, 5.41) is 10.6. The predicted octanol–water partition coefficient (Wildman–Crippen LogP) is 2.13. The molecule has 0 saturated heterocycles. The number of ether oxygens (including phenoxy) is 1. The Kier molecular flexibility index (Phi) is 5.94. The molecule has 1 unspecified atom stereocenters. The second-order valence-electron chi connectivity index (χ2n) is 3.87. The van der Waals surface area contributed by atoms with Gasteiger partial charge in [-0.2, -0.15) is 8.78 Å². The Labute approximate surface area is 116 Å². The smallest absolute Gasteiger partial charge is 0.387 e. The molecule has 0 aliphatic heterocycles. The number of hydrogen-bond acceptors (Lipinski definition) is 3. The van der Waals surface area contributed by atoms with E-state index in [-0.39, 0.29) is 5.56 Å². The van der Waals surface area contributed by atoms with Gasteiger partial charge in [0.1, 0.15) is 11.8 Å². The molecule has 0 heterocycles. The van der Waals surface area contributed by atoms with Gasteiger partial charge >= 0.3 is 12.6 Å². The molecule has 21 heavy (non-hydrogen) atoms. The summed E-state index contributed by atoms with van der Waals surface area (Å²) in [7, 11) is 0. The molecule has 2 N–H and O–H groups in total. The van der Waals surface area contributed by atoms with Crippen molar-refractivity contribution in [1.82, 2.24) is 5.32 Å². The maximum Gasteiger partial charge on any atom is 0.387 e.